The van der Waals surface area contributed by atoms with Crippen LogP contribution in [0.15, 0.2) is 54.9 Å². The van der Waals surface area contributed by atoms with Crippen LogP contribution in [0.5, 0.6) is 5.75 Å². The largest absolute Gasteiger partial charge is 0.490 e. The van der Waals surface area contributed by atoms with Gasteiger partial charge in [-0.25, -0.2) is 0 Å². The van der Waals surface area contributed by atoms with Gasteiger partial charge in [0.1, 0.15) is 12.4 Å². The Labute approximate surface area is 174 Å². The van der Waals surface area contributed by atoms with E-state index in [1.165, 1.54) is 0 Å². The van der Waals surface area contributed by atoms with E-state index in [4.69, 9.17) is 16.3 Å². The molecule has 29 heavy (non-hydrogen) atoms. The van der Waals surface area contributed by atoms with Gasteiger partial charge in [-0.1, -0.05) is 29.8 Å². The van der Waals surface area contributed by atoms with E-state index in [9.17, 15) is 9.90 Å². The molecule has 152 valence electrons. The zero-order chi connectivity index (χ0) is 20.8. The number of benzene rings is 2. The fourth-order valence-corrected chi connectivity index (χ4v) is 2.80. The average molecular weight is 415 g/mol. The molecule has 3 rings (SSSR count). The van der Waals surface area contributed by atoms with E-state index in [2.05, 4.69) is 15.5 Å². The number of carbonyl (C=O) groups is 1. The van der Waals surface area contributed by atoms with Crippen molar-refractivity contribution in [2.24, 2.45) is 0 Å². The maximum absolute atomic E-state index is 12.6. The molecule has 0 aliphatic heterocycles. The zero-order valence-electron chi connectivity index (χ0n) is 16.2. The third kappa shape index (κ3) is 5.57. The van der Waals surface area contributed by atoms with Crippen molar-refractivity contribution < 1.29 is 14.6 Å². The van der Waals surface area contributed by atoms with E-state index in [0.717, 1.165) is 17.7 Å². The first-order valence-corrected chi connectivity index (χ1v) is 9.47. The van der Waals surface area contributed by atoms with Gasteiger partial charge in [-0.05, 0) is 49.5 Å². The van der Waals surface area contributed by atoms with Gasteiger partial charge in [0.05, 0.1) is 11.9 Å². The van der Waals surface area contributed by atoms with Crippen molar-refractivity contribution in [1.29, 1.82) is 0 Å². The second-order valence-electron chi connectivity index (χ2n) is 6.79. The number of halogens is 1. The van der Waals surface area contributed by atoms with Gasteiger partial charge in [-0.2, -0.15) is 5.10 Å². The van der Waals surface area contributed by atoms with Crippen molar-refractivity contribution in [2.75, 3.05) is 32.6 Å². The summed E-state index contributed by atoms with van der Waals surface area (Å²) >= 11 is 5.87. The summed E-state index contributed by atoms with van der Waals surface area (Å²) in [5.74, 6) is -0.0388. The van der Waals surface area contributed by atoms with Crippen LogP contribution in [0.25, 0.3) is 11.1 Å². The second-order valence-corrected chi connectivity index (χ2v) is 7.23. The molecule has 0 fully saturated rings. The van der Waals surface area contributed by atoms with Crippen molar-refractivity contribution in [2.45, 2.75) is 6.10 Å². The van der Waals surface area contributed by atoms with Gasteiger partial charge in [0.25, 0.3) is 5.91 Å². The lowest BCUT2D eigenvalue weighted by molar-refractivity contribution is -0.124. The molecule has 0 aliphatic rings. The number of nitrogens with one attached hydrogen (secondary N) is 2. The van der Waals surface area contributed by atoms with Gasteiger partial charge in [0, 0.05) is 23.3 Å². The SMILES string of the molecule is CN(C)CCOc1cc(-c2cn[nH]c2)ccc1NC(=O)C(O)c1ccc(Cl)cc1. The van der Waals surface area contributed by atoms with E-state index in [-0.39, 0.29) is 0 Å². The molecule has 0 saturated carbocycles. The quantitative estimate of drug-likeness (QED) is 0.526. The van der Waals surface area contributed by atoms with E-state index < -0.39 is 12.0 Å². The summed E-state index contributed by atoms with van der Waals surface area (Å²) in [6, 6.07) is 11.9. The third-order valence-electron chi connectivity index (χ3n) is 4.30. The minimum Gasteiger partial charge on any atom is -0.490 e. The minimum atomic E-state index is -1.32. The normalized spacial score (nSPS) is 12.0. The number of amides is 1. The maximum atomic E-state index is 12.6. The summed E-state index contributed by atoms with van der Waals surface area (Å²) in [5.41, 5.74) is 2.74. The van der Waals surface area contributed by atoms with Crippen molar-refractivity contribution in [1.82, 2.24) is 15.1 Å². The first kappa shape index (κ1) is 20.9. The summed E-state index contributed by atoms with van der Waals surface area (Å²) in [7, 11) is 3.91. The number of hydrogen-bond donors (Lipinski definition) is 3. The maximum Gasteiger partial charge on any atom is 0.257 e. The van der Waals surface area contributed by atoms with E-state index >= 15 is 0 Å². The number of hydrogen-bond acceptors (Lipinski definition) is 5. The van der Waals surface area contributed by atoms with Crippen LogP contribution in [0.1, 0.15) is 11.7 Å². The van der Waals surface area contributed by atoms with E-state index in [1.54, 1.807) is 42.7 Å². The first-order chi connectivity index (χ1) is 13.9. The Kier molecular flexibility index (Phi) is 6.87. The number of nitrogens with zero attached hydrogens (tertiary/aromatic N) is 2. The Morgan fingerprint density at radius 3 is 2.66 bits per heavy atom. The molecule has 0 bridgehead atoms. The van der Waals surface area contributed by atoms with Crippen LogP contribution in [-0.2, 0) is 4.79 Å². The molecule has 7 nitrogen and oxygen atoms in total. The molecule has 0 spiro atoms. The van der Waals surface area contributed by atoms with Crippen molar-refractivity contribution in [3.63, 3.8) is 0 Å². The van der Waals surface area contributed by atoms with Gasteiger partial charge in [0.15, 0.2) is 6.10 Å². The second kappa shape index (κ2) is 9.56. The Morgan fingerprint density at radius 2 is 2.00 bits per heavy atom. The number of anilines is 1. The van der Waals surface area contributed by atoms with Crippen LogP contribution in [0.3, 0.4) is 0 Å². The molecule has 0 saturated heterocycles. The van der Waals surface area contributed by atoms with Gasteiger partial charge in [-0.3, -0.25) is 9.89 Å². The lowest BCUT2D eigenvalue weighted by atomic mass is 10.1. The Morgan fingerprint density at radius 1 is 1.24 bits per heavy atom. The summed E-state index contributed by atoms with van der Waals surface area (Å²) in [5, 5.41) is 20.4. The number of ether oxygens (including phenoxy) is 1. The molecule has 2 aromatic carbocycles. The number of likely N-dealkylation sites (N-methyl/N-ethyl adjacent to an activating group) is 1. The van der Waals surface area contributed by atoms with Gasteiger partial charge >= 0.3 is 0 Å². The van der Waals surface area contributed by atoms with Crippen LogP contribution in [-0.4, -0.2) is 53.4 Å². The summed E-state index contributed by atoms with van der Waals surface area (Å²) < 4.78 is 5.90. The molecule has 3 aromatic rings. The topological polar surface area (TPSA) is 90.5 Å². The Balaban J connectivity index is 1.80. The van der Waals surface area contributed by atoms with Crippen LogP contribution in [0.2, 0.25) is 5.02 Å². The number of H-pyrrole nitrogens is 1. The molecule has 1 amide bonds. The predicted octanol–water partition coefficient (Wildman–Crippen LogP) is 3.34. The fourth-order valence-electron chi connectivity index (χ4n) is 2.67. The molecule has 1 heterocycles. The minimum absolute atomic E-state index is 0.449. The first-order valence-electron chi connectivity index (χ1n) is 9.09. The third-order valence-corrected chi connectivity index (χ3v) is 4.55. The molecule has 3 N–H and O–H groups in total. The number of carbonyl (C=O) groups excluding carboxylic acids is 1. The number of aromatic nitrogens is 2. The summed E-state index contributed by atoms with van der Waals surface area (Å²) in [6.07, 6.45) is 2.17. The van der Waals surface area contributed by atoms with Gasteiger partial charge < -0.3 is 20.1 Å². The highest BCUT2D eigenvalue weighted by Crippen LogP contribution is 2.31. The standard InChI is InChI=1S/C21H23ClN4O3/c1-26(2)9-10-29-19-11-15(16-12-23-24-13-16)5-8-18(19)25-21(28)20(27)14-3-6-17(22)7-4-14/h3-8,11-13,20,27H,9-10H2,1-2H3,(H,23,24)(H,25,28). The molecule has 0 aliphatic carbocycles. The zero-order valence-corrected chi connectivity index (χ0v) is 17.0. The average Bonchev–Trinajstić information content (AvgIpc) is 3.23. The fraction of sp³-hybridized carbons (Fsp3) is 0.238. The van der Waals surface area contributed by atoms with E-state index in [1.807, 2.05) is 31.1 Å². The van der Waals surface area contributed by atoms with Crippen LogP contribution >= 0.6 is 11.6 Å². The number of rotatable bonds is 8. The molecular weight excluding hydrogens is 392 g/mol. The molecule has 1 atom stereocenters. The smallest absolute Gasteiger partial charge is 0.257 e. The number of aromatic amines is 1. The van der Waals surface area contributed by atoms with Gasteiger partial charge in [-0.15, -0.1) is 0 Å². The highest BCUT2D eigenvalue weighted by molar-refractivity contribution is 6.30. The lowest BCUT2D eigenvalue weighted by Crippen LogP contribution is -2.22. The summed E-state index contributed by atoms with van der Waals surface area (Å²) in [4.78, 5) is 14.6. The van der Waals surface area contributed by atoms with Crippen LogP contribution in [0.4, 0.5) is 5.69 Å². The van der Waals surface area contributed by atoms with Crippen molar-refractivity contribution in [3.05, 3.63) is 65.4 Å². The van der Waals surface area contributed by atoms with Gasteiger partial charge in [0.2, 0.25) is 0 Å². The predicted molar refractivity (Wildman–Crippen MR) is 113 cm³/mol. The van der Waals surface area contributed by atoms with Crippen LogP contribution < -0.4 is 10.1 Å². The molecular formula is C21H23ClN4O3. The Hall–Kier alpha value is -2.87. The lowest BCUT2D eigenvalue weighted by Gasteiger charge is -2.17. The van der Waals surface area contributed by atoms with Crippen molar-refractivity contribution >= 4 is 23.2 Å². The molecule has 1 unspecified atom stereocenters. The highest BCUT2D eigenvalue weighted by atomic mass is 35.5. The molecule has 8 heteroatoms. The summed E-state index contributed by atoms with van der Waals surface area (Å²) in [6.45, 7) is 1.17. The Bertz CT molecular complexity index is 943. The van der Waals surface area contributed by atoms with Crippen LogP contribution in [0, 0.1) is 0 Å². The van der Waals surface area contributed by atoms with E-state index in [0.29, 0.717) is 28.6 Å². The number of aliphatic hydroxyl groups excluding tert-OH is 1. The van der Waals surface area contributed by atoms with Crippen molar-refractivity contribution in [3.8, 4) is 16.9 Å². The highest BCUT2D eigenvalue weighted by Gasteiger charge is 2.19. The molecule has 0 radical (unpaired) electrons. The number of aliphatic hydroxyl groups is 1. The monoisotopic (exact) mass is 414 g/mol. The molecule has 1 aromatic heterocycles.